The number of aliphatic hydroxyl groups excluding tert-OH is 1. The van der Waals surface area contributed by atoms with Crippen LogP contribution >= 0.6 is 0 Å². The minimum atomic E-state index is -0.420. The molecule has 7 nitrogen and oxygen atoms in total. The van der Waals surface area contributed by atoms with E-state index in [-0.39, 0.29) is 19.6 Å². The molecule has 0 radical (unpaired) electrons. The number of quaternary nitrogens is 1. The molecule has 0 saturated heterocycles. The largest absolute Gasteiger partial charge is 0.492 e. The number of hydrogen-bond donors (Lipinski definition) is 2. The van der Waals surface area contributed by atoms with E-state index in [1.54, 1.807) is 7.11 Å². The van der Waals surface area contributed by atoms with Gasteiger partial charge in [0.1, 0.15) is 6.04 Å². The van der Waals surface area contributed by atoms with E-state index >= 15 is 0 Å². The van der Waals surface area contributed by atoms with Crippen LogP contribution in [0.2, 0.25) is 0 Å². The molecular weight excluding hydrogens is 386 g/mol. The van der Waals surface area contributed by atoms with Crippen LogP contribution in [0.3, 0.4) is 0 Å². The van der Waals surface area contributed by atoms with Gasteiger partial charge < -0.3 is 33.7 Å². The zero-order chi connectivity index (χ0) is 20.7. The van der Waals surface area contributed by atoms with E-state index in [0.29, 0.717) is 18.6 Å². The van der Waals surface area contributed by atoms with E-state index in [4.69, 9.17) is 23.7 Å². The number of ether oxygens (including phenoxy) is 5. The summed E-state index contributed by atoms with van der Waals surface area (Å²) in [6.07, 6.45) is 2.67. The van der Waals surface area contributed by atoms with Crippen LogP contribution in [0.5, 0.6) is 28.7 Å². The molecule has 0 aromatic heterocycles. The molecule has 160 valence electrons. The van der Waals surface area contributed by atoms with Crippen LogP contribution in [0.25, 0.3) is 0 Å². The smallest absolute Gasteiger partial charge is 0.231 e. The number of fused-ring (bicyclic) bond motifs is 3. The SMILES string of the molecule is COc1c2c(cc3c1[C@@H](C[C@H](O)CCc1ccc4c(c1)OCO4)[NH+](C)CC3)OCO2. The molecule has 0 saturated carbocycles. The standard InChI is InChI=1S/C23H27NO6/c1-24-8-7-15-10-20-22(30-13-29-20)23(26-2)21(15)17(24)11-16(25)5-3-14-4-6-18-19(9-14)28-12-27-18/h4,6,9-10,16-17,25H,3,5,7-8,11-13H2,1-2H3/p+1/t16-,17-/m1/s1. The van der Waals surface area contributed by atoms with Gasteiger partial charge in [-0.15, -0.1) is 0 Å². The molecule has 2 aromatic carbocycles. The van der Waals surface area contributed by atoms with Gasteiger partial charge in [0, 0.05) is 12.8 Å². The fraction of sp³-hybridized carbons (Fsp3) is 0.478. The predicted octanol–water partition coefficient (Wildman–Crippen LogP) is 1.65. The van der Waals surface area contributed by atoms with E-state index < -0.39 is 6.10 Å². The summed E-state index contributed by atoms with van der Waals surface area (Å²) in [6.45, 7) is 1.51. The molecule has 30 heavy (non-hydrogen) atoms. The van der Waals surface area contributed by atoms with Crippen molar-refractivity contribution in [3.05, 3.63) is 41.0 Å². The second-order valence-electron chi connectivity index (χ2n) is 8.23. The highest BCUT2D eigenvalue weighted by Crippen LogP contribution is 2.48. The molecule has 1 unspecified atom stereocenters. The van der Waals surface area contributed by atoms with E-state index in [9.17, 15) is 5.11 Å². The number of aliphatic hydroxyl groups is 1. The van der Waals surface area contributed by atoms with Gasteiger partial charge in [-0.1, -0.05) is 6.07 Å². The Balaban J connectivity index is 1.32. The Labute approximate surface area is 176 Å². The minimum Gasteiger partial charge on any atom is -0.492 e. The number of nitrogens with one attached hydrogen (secondary N) is 1. The average molecular weight is 414 g/mol. The number of methoxy groups -OCH3 is 1. The van der Waals surface area contributed by atoms with Crippen LogP contribution in [0.4, 0.5) is 0 Å². The van der Waals surface area contributed by atoms with Crippen molar-refractivity contribution in [2.24, 2.45) is 0 Å². The van der Waals surface area contributed by atoms with Gasteiger partial charge in [0.05, 0.1) is 32.4 Å². The van der Waals surface area contributed by atoms with Crippen LogP contribution in [0, 0.1) is 0 Å². The first-order chi connectivity index (χ1) is 14.6. The lowest BCUT2D eigenvalue weighted by molar-refractivity contribution is -0.915. The average Bonchev–Trinajstić information content (AvgIpc) is 3.41. The maximum absolute atomic E-state index is 10.9. The highest BCUT2D eigenvalue weighted by Gasteiger charge is 2.37. The molecule has 2 aromatic rings. The van der Waals surface area contributed by atoms with Crippen LogP contribution < -0.4 is 28.6 Å². The third-order valence-corrected chi connectivity index (χ3v) is 6.39. The van der Waals surface area contributed by atoms with E-state index in [2.05, 4.69) is 13.1 Å². The van der Waals surface area contributed by atoms with Gasteiger partial charge in [-0.05, 0) is 42.2 Å². The van der Waals surface area contributed by atoms with Gasteiger partial charge in [0.25, 0.3) is 0 Å². The topological polar surface area (TPSA) is 70.8 Å². The zero-order valence-corrected chi connectivity index (χ0v) is 17.4. The number of likely N-dealkylation sites (N-methyl/N-ethyl adjacent to an activating group) is 1. The fourth-order valence-electron chi connectivity index (χ4n) is 4.76. The first kappa shape index (κ1) is 19.3. The molecule has 0 spiro atoms. The quantitative estimate of drug-likeness (QED) is 0.749. The molecule has 2 N–H and O–H groups in total. The Morgan fingerprint density at radius 2 is 1.90 bits per heavy atom. The van der Waals surface area contributed by atoms with Gasteiger partial charge in [0.15, 0.2) is 23.0 Å². The van der Waals surface area contributed by atoms with Crippen LogP contribution in [0.1, 0.15) is 35.6 Å². The summed E-state index contributed by atoms with van der Waals surface area (Å²) in [5.74, 6) is 3.77. The van der Waals surface area contributed by atoms with Gasteiger partial charge in [-0.2, -0.15) is 0 Å². The summed E-state index contributed by atoms with van der Waals surface area (Å²) in [5, 5.41) is 10.9. The molecule has 3 aliphatic rings. The number of aryl methyl sites for hydroxylation is 1. The minimum absolute atomic E-state index is 0.143. The molecule has 5 rings (SSSR count). The highest BCUT2D eigenvalue weighted by atomic mass is 16.7. The first-order valence-electron chi connectivity index (χ1n) is 10.5. The molecule has 0 amide bonds. The normalized spacial score (nSPS) is 22.0. The predicted molar refractivity (Wildman–Crippen MR) is 109 cm³/mol. The lowest BCUT2D eigenvalue weighted by atomic mass is 9.87. The van der Waals surface area contributed by atoms with Crippen LogP contribution in [0.15, 0.2) is 24.3 Å². The van der Waals surface area contributed by atoms with E-state index in [1.807, 2.05) is 18.2 Å². The summed E-state index contributed by atoms with van der Waals surface area (Å²) in [7, 11) is 3.86. The van der Waals surface area contributed by atoms with Crippen LogP contribution in [-0.4, -0.2) is 45.5 Å². The second kappa shape index (κ2) is 7.89. The van der Waals surface area contributed by atoms with Crippen molar-refractivity contribution >= 4 is 0 Å². The number of rotatable bonds is 6. The van der Waals surface area contributed by atoms with Crippen molar-refractivity contribution in [1.29, 1.82) is 0 Å². The Kier molecular flexibility index (Phi) is 5.08. The van der Waals surface area contributed by atoms with Gasteiger partial charge in [0.2, 0.25) is 19.3 Å². The van der Waals surface area contributed by atoms with Crippen molar-refractivity contribution in [2.75, 3.05) is 34.3 Å². The maximum Gasteiger partial charge on any atom is 0.231 e. The molecule has 0 bridgehead atoms. The Bertz CT molecular complexity index is 946. The van der Waals surface area contributed by atoms with Crippen LogP contribution in [-0.2, 0) is 12.8 Å². The number of hydrogen-bond acceptors (Lipinski definition) is 6. The molecule has 3 aliphatic heterocycles. The second-order valence-corrected chi connectivity index (χ2v) is 8.23. The molecule has 7 heteroatoms. The summed E-state index contributed by atoms with van der Waals surface area (Å²) >= 11 is 0. The van der Waals surface area contributed by atoms with Crippen molar-refractivity contribution in [1.82, 2.24) is 0 Å². The van der Waals surface area contributed by atoms with Gasteiger partial charge in [-0.25, -0.2) is 0 Å². The summed E-state index contributed by atoms with van der Waals surface area (Å²) in [6, 6.07) is 8.21. The molecule has 0 fully saturated rings. The highest BCUT2D eigenvalue weighted by molar-refractivity contribution is 5.61. The van der Waals surface area contributed by atoms with E-state index in [1.165, 1.54) is 10.5 Å². The molecular formula is C23H28NO6+. The van der Waals surface area contributed by atoms with Crippen molar-refractivity contribution < 1.29 is 33.7 Å². The Morgan fingerprint density at radius 1 is 1.10 bits per heavy atom. The Morgan fingerprint density at radius 3 is 2.77 bits per heavy atom. The van der Waals surface area contributed by atoms with Crippen molar-refractivity contribution in [3.63, 3.8) is 0 Å². The summed E-state index contributed by atoms with van der Waals surface area (Å²) in [5.41, 5.74) is 3.52. The zero-order valence-electron chi connectivity index (χ0n) is 17.4. The molecule has 3 heterocycles. The lowest BCUT2D eigenvalue weighted by Gasteiger charge is -2.34. The maximum atomic E-state index is 10.9. The van der Waals surface area contributed by atoms with Crippen molar-refractivity contribution in [3.8, 4) is 28.7 Å². The van der Waals surface area contributed by atoms with Crippen molar-refractivity contribution in [2.45, 2.75) is 37.8 Å². The summed E-state index contributed by atoms with van der Waals surface area (Å²) < 4.78 is 27.9. The fourth-order valence-corrected chi connectivity index (χ4v) is 4.76. The third-order valence-electron chi connectivity index (χ3n) is 6.39. The number of benzene rings is 2. The summed E-state index contributed by atoms with van der Waals surface area (Å²) in [4.78, 5) is 1.38. The third kappa shape index (κ3) is 3.42. The van der Waals surface area contributed by atoms with E-state index in [0.717, 1.165) is 53.5 Å². The first-order valence-corrected chi connectivity index (χ1v) is 10.5. The lowest BCUT2D eigenvalue weighted by Crippen LogP contribution is -3.10. The molecule has 0 aliphatic carbocycles. The monoisotopic (exact) mass is 414 g/mol. The van der Waals surface area contributed by atoms with Gasteiger partial charge in [-0.3, -0.25) is 0 Å². The molecule has 3 atom stereocenters. The van der Waals surface area contributed by atoms with Gasteiger partial charge >= 0.3 is 0 Å². The Hall–Kier alpha value is -2.64.